The third kappa shape index (κ3) is 5.60. The number of carbonyl (C=O) groups is 1. The van der Waals surface area contributed by atoms with Gasteiger partial charge in [-0.3, -0.25) is 0 Å². The third-order valence-corrected chi connectivity index (χ3v) is 5.12. The fraction of sp³-hybridized carbons (Fsp3) is 0.455. The van der Waals surface area contributed by atoms with E-state index in [1.807, 2.05) is 41.3 Å². The molecule has 7 heteroatoms. The van der Waals surface area contributed by atoms with E-state index in [1.54, 1.807) is 20.2 Å². The number of rotatable bonds is 7. The number of piperidine rings is 1. The number of aliphatic hydroxyl groups is 1. The molecule has 3 rings (SSSR count). The molecular weight excluding hydrogens is 370 g/mol. The van der Waals surface area contributed by atoms with Crippen molar-refractivity contribution in [1.29, 1.82) is 0 Å². The Morgan fingerprint density at radius 1 is 1.28 bits per heavy atom. The highest BCUT2D eigenvalue weighted by molar-refractivity contribution is 5.74. The van der Waals surface area contributed by atoms with Gasteiger partial charge in [-0.2, -0.15) is 0 Å². The summed E-state index contributed by atoms with van der Waals surface area (Å²) in [4.78, 5) is 18.5. The van der Waals surface area contributed by atoms with Crippen molar-refractivity contribution in [2.75, 3.05) is 26.7 Å². The van der Waals surface area contributed by atoms with E-state index in [0.29, 0.717) is 37.7 Å². The van der Waals surface area contributed by atoms with E-state index >= 15 is 0 Å². The van der Waals surface area contributed by atoms with Crippen molar-refractivity contribution in [2.24, 2.45) is 0 Å². The van der Waals surface area contributed by atoms with Gasteiger partial charge in [-0.1, -0.05) is 18.2 Å². The minimum atomic E-state index is -0.630. The van der Waals surface area contributed by atoms with Gasteiger partial charge in [-0.15, -0.1) is 0 Å². The van der Waals surface area contributed by atoms with Crippen molar-refractivity contribution in [3.05, 3.63) is 53.7 Å². The molecule has 1 aliphatic heterocycles. The van der Waals surface area contributed by atoms with Crippen LogP contribution in [-0.2, 0) is 6.42 Å². The van der Waals surface area contributed by atoms with E-state index in [1.165, 1.54) is 0 Å². The summed E-state index contributed by atoms with van der Waals surface area (Å²) in [6.07, 6.45) is 3.36. The fourth-order valence-corrected chi connectivity index (χ4v) is 3.64. The van der Waals surface area contributed by atoms with Gasteiger partial charge in [0.1, 0.15) is 11.9 Å². The van der Waals surface area contributed by atoms with Crippen molar-refractivity contribution >= 4 is 6.03 Å². The van der Waals surface area contributed by atoms with E-state index in [-0.39, 0.29) is 12.1 Å². The Kier molecular flexibility index (Phi) is 7.30. The molecule has 2 aromatic rings. The number of methoxy groups -OCH3 is 1. The molecule has 156 valence electrons. The molecule has 2 heterocycles. The van der Waals surface area contributed by atoms with Gasteiger partial charge in [0.15, 0.2) is 0 Å². The van der Waals surface area contributed by atoms with Crippen LogP contribution in [0.25, 0.3) is 0 Å². The summed E-state index contributed by atoms with van der Waals surface area (Å²) in [6, 6.07) is 11.2. The Labute approximate surface area is 171 Å². The molecule has 7 nitrogen and oxygen atoms in total. The van der Waals surface area contributed by atoms with Crippen LogP contribution in [0.4, 0.5) is 4.79 Å². The van der Waals surface area contributed by atoms with E-state index < -0.39 is 6.10 Å². The lowest BCUT2D eigenvalue weighted by Gasteiger charge is -2.32. The second-order valence-electron chi connectivity index (χ2n) is 7.16. The number of ether oxygens (including phenoxy) is 2. The summed E-state index contributed by atoms with van der Waals surface area (Å²) in [5.74, 6) is 1.29. The lowest BCUT2D eigenvalue weighted by Crippen LogP contribution is -2.47. The molecular formula is C22H29N3O4. The number of amides is 2. The van der Waals surface area contributed by atoms with E-state index in [0.717, 1.165) is 24.0 Å². The van der Waals surface area contributed by atoms with E-state index in [4.69, 9.17) is 9.47 Å². The molecule has 1 atom stereocenters. The largest absolute Gasteiger partial charge is 0.496 e. The number of hydrogen-bond acceptors (Lipinski definition) is 5. The van der Waals surface area contributed by atoms with Crippen LogP contribution in [0.2, 0.25) is 0 Å². The number of benzene rings is 1. The maximum Gasteiger partial charge on any atom is 0.317 e. The highest BCUT2D eigenvalue weighted by atomic mass is 16.5. The first-order valence-corrected chi connectivity index (χ1v) is 10.0. The summed E-state index contributed by atoms with van der Waals surface area (Å²) in [5.41, 5.74) is 1.75. The molecule has 1 aromatic heterocycles. The van der Waals surface area contributed by atoms with Gasteiger partial charge in [0.25, 0.3) is 0 Å². The van der Waals surface area contributed by atoms with Gasteiger partial charge in [-0.05, 0) is 31.0 Å². The monoisotopic (exact) mass is 399 g/mol. The number of aliphatic hydroxyl groups excluding tert-OH is 1. The smallest absolute Gasteiger partial charge is 0.317 e. The molecule has 0 radical (unpaired) electrons. The maximum atomic E-state index is 12.5. The lowest BCUT2D eigenvalue weighted by atomic mass is 9.99. The normalized spacial score (nSPS) is 15.6. The van der Waals surface area contributed by atoms with Crippen molar-refractivity contribution in [2.45, 2.75) is 38.4 Å². The van der Waals surface area contributed by atoms with Crippen molar-refractivity contribution < 1.29 is 19.4 Å². The standard InChI is InChI=1S/C22H29N3O4/c1-16(26)21-17(6-5-7-19(21)28-2)9-13-24-22(27)25-14-10-18(11-15-25)29-20-8-3-4-12-23-20/h3-8,12,16,18,26H,9-11,13-15H2,1-2H3,(H,24,27). The number of aromatic nitrogens is 1. The summed E-state index contributed by atoms with van der Waals surface area (Å²) in [5, 5.41) is 13.0. The zero-order chi connectivity index (χ0) is 20.6. The molecule has 1 saturated heterocycles. The van der Waals surface area contributed by atoms with Crippen LogP contribution in [-0.4, -0.2) is 53.9 Å². The van der Waals surface area contributed by atoms with Crippen LogP contribution in [0.15, 0.2) is 42.6 Å². The Morgan fingerprint density at radius 2 is 2.07 bits per heavy atom. The number of hydrogen-bond donors (Lipinski definition) is 2. The quantitative estimate of drug-likeness (QED) is 0.748. The predicted octanol–water partition coefficient (Wildman–Crippen LogP) is 2.94. The van der Waals surface area contributed by atoms with Gasteiger partial charge in [-0.25, -0.2) is 9.78 Å². The molecule has 0 spiro atoms. The Morgan fingerprint density at radius 3 is 2.72 bits per heavy atom. The van der Waals surface area contributed by atoms with Gasteiger partial charge in [0.05, 0.1) is 13.2 Å². The number of nitrogens with zero attached hydrogens (tertiary/aromatic N) is 2. The van der Waals surface area contributed by atoms with Crippen LogP contribution in [0.1, 0.15) is 37.0 Å². The Bertz CT molecular complexity index is 790. The molecule has 0 aliphatic carbocycles. The Hall–Kier alpha value is -2.80. The lowest BCUT2D eigenvalue weighted by molar-refractivity contribution is 0.107. The van der Waals surface area contributed by atoms with Crippen molar-refractivity contribution in [1.82, 2.24) is 15.2 Å². The minimum absolute atomic E-state index is 0.0669. The summed E-state index contributed by atoms with van der Waals surface area (Å²) < 4.78 is 11.2. The van der Waals surface area contributed by atoms with Crippen molar-refractivity contribution in [3.8, 4) is 11.6 Å². The van der Waals surface area contributed by atoms with Crippen LogP contribution in [0.3, 0.4) is 0 Å². The highest BCUT2D eigenvalue weighted by Gasteiger charge is 2.24. The van der Waals surface area contributed by atoms with Gasteiger partial charge in [0, 0.05) is 50.3 Å². The molecule has 1 aliphatic rings. The molecule has 1 fully saturated rings. The Balaban J connectivity index is 1.45. The predicted molar refractivity (Wildman–Crippen MR) is 110 cm³/mol. The number of pyridine rings is 1. The second kappa shape index (κ2) is 10.1. The highest BCUT2D eigenvalue weighted by Crippen LogP contribution is 2.28. The first-order chi connectivity index (χ1) is 14.1. The van der Waals surface area contributed by atoms with Crippen LogP contribution >= 0.6 is 0 Å². The average molecular weight is 399 g/mol. The second-order valence-corrected chi connectivity index (χ2v) is 7.16. The van der Waals surface area contributed by atoms with Crippen LogP contribution < -0.4 is 14.8 Å². The SMILES string of the molecule is COc1cccc(CCNC(=O)N2CCC(Oc3ccccn3)CC2)c1C(C)O. The maximum absolute atomic E-state index is 12.5. The van der Waals surface area contributed by atoms with Crippen LogP contribution in [0, 0.1) is 0 Å². The topological polar surface area (TPSA) is 83.9 Å². The van der Waals surface area contributed by atoms with E-state index in [9.17, 15) is 9.90 Å². The number of likely N-dealkylation sites (tertiary alicyclic amines) is 1. The van der Waals surface area contributed by atoms with Gasteiger partial charge < -0.3 is 24.8 Å². The third-order valence-electron chi connectivity index (χ3n) is 5.12. The average Bonchev–Trinajstić information content (AvgIpc) is 2.74. The summed E-state index contributed by atoms with van der Waals surface area (Å²) >= 11 is 0. The first kappa shape index (κ1) is 20.9. The van der Waals surface area contributed by atoms with Crippen LogP contribution in [0.5, 0.6) is 11.6 Å². The van der Waals surface area contributed by atoms with Gasteiger partial charge in [0.2, 0.25) is 5.88 Å². The molecule has 1 aromatic carbocycles. The fourth-order valence-electron chi connectivity index (χ4n) is 3.64. The molecule has 29 heavy (non-hydrogen) atoms. The number of carbonyl (C=O) groups excluding carboxylic acids is 1. The zero-order valence-corrected chi connectivity index (χ0v) is 17.0. The van der Waals surface area contributed by atoms with Gasteiger partial charge >= 0.3 is 6.03 Å². The molecule has 0 saturated carbocycles. The zero-order valence-electron chi connectivity index (χ0n) is 17.0. The summed E-state index contributed by atoms with van der Waals surface area (Å²) in [6.45, 7) is 3.52. The minimum Gasteiger partial charge on any atom is -0.496 e. The molecule has 2 amide bonds. The molecule has 1 unspecified atom stereocenters. The summed E-state index contributed by atoms with van der Waals surface area (Å²) in [7, 11) is 1.59. The molecule has 2 N–H and O–H groups in total. The molecule has 0 bridgehead atoms. The number of urea groups is 1. The van der Waals surface area contributed by atoms with Crippen molar-refractivity contribution in [3.63, 3.8) is 0 Å². The number of nitrogens with one attached hydrogen (secondary N) is 1. The first-order valence-electron chi connectivity index (χ1n) is 10.0. The van der Waals surface area contributed by atoms with E-state index in [2.05, 4.69) is 10.3 Å².